The van der Waals surface area contributed by atoms with Gasteiger partial charge in [-0.25, -0.2) is 0 Å². The second-order valence-electron chi connectivity index (χ2n) is 14.6. The van der Waals surface area contributed by atoms with Crippen molar-refractivity contribution in [2.75, 3.05) is 0 Å². The highest BCUT2D eigenvalue weighted by molar-refractivity contribution is 6.23. The summed E-state index contributed by atoms with van der Waals surface area (Å²) in [5.74, 6) is 0. The van der Waals surface area contributed by atoms with Gasteiger partial charge >= 0.3 is 0 Å². The Kier molecular flexibility index (Phi) is 6.01. The van der Waals surface area contributed by atoms with Gasteiger partial charge < -0.3 is 4.57 Å². The Labute approximate surface area is 301 Å². The van der Waals surface area contributed by atoms with Crippen LogP contribution in [0.1, 0.15) is 25.0 Å². The molecule has 244 valence electrons. The van der Waals surface area contributed by atoms with Crippen LogP contribution in [0.4, 0.5) is 0 Å². The predicted octanol–water partition coefficient (Wildman–Crippen LogP) is 12.7. The molecule has 0 saturated carbocycles. The zero-order valence-electron chi connectivity index (χ0n) is 28.9. The minimum atomic E-state index is -0.148. The molecule has 0 saturated heterocycles. The van der Waals surface area contributed by atoms with Crippen molar-refractivity contribution in [2.45, 2.75) is 19.3 Å². The lowest BCUT2D eigenvalue weighted by atomic mass is 9.80. The Hall–Kier alpha value is -6.58. The van der Waals surface area contributed by atoms with Crippen LogP contribution in [0.5, 0.6) is 0 Å². The quantitative estimate of drug-likeness (QED) is 0.176. The molecular weight excluding hydrogens is 631 g/mol. The SMILES string of the molecule is CC1(C)c2cc(-c3ccc(-n4c5ccccc5c5ccccc54)cc3)ccc2-c2ccc(-c3ccc4c5ccccc5c5nccnc5c4c3)cc21. The van der Waals surface area contributed by atoms with Crippen LogP contribution in [0.15, 0.2) is 164 Å². The molecule has 11 rings (SSSR count). The van der Waals surface area contributed by atoms with Crippen LogP contribution < -0.4 is 0 Å². The second kappa shape index (κ2) is 10.7. The first kappa shape index (κ1) is 29.2. The van der Waals surface area contributed by atoms with Gasteiger partial charge in [0.15, 0.2) is 0 Å². The van der Waals surface area contributed by atoms with E-state index in [1.807, 2.05) is 0 Å². The van der Waals surface area contributed by atoms with Crippen LogP contribution in [0, 0.1) is 0 Å². The molecule has 1 aliphatic carbocycles. The number of hydrogen-bond acceptors (Lipinski definition) is 2. The lowest BCUT2D eigenvalue weighted by Gasteiger charge is -2.23. The number of benzene rings is 8. The van der Waals surface area contributed by atoms with E-state index in [1.165, 1.54) is 82.8 Å². The molecule has 2 aromatic heterocycles. The molecule has 0 radical (unpaired) electrons. The highest BCUT2D eigenvalue weighted by Gasteiger charge is 2.36. The van der Waals surface area contributed by atoms with Gasteiger partial charge in [-0.1, -0.05) is 123 Å². The molecule has 0 fully saturated rings. The average molecular weight is 664 g/mol. The van der Waals surface area contributed by atoms with E-state index in [0.29, 0.717) is 0 Å². The van der Waals surface area contributed by atoms with Crippen LogP contribution >= 0.6 is 0 Å². The van der Waals surface area contributed by atoms with Gasteiger partial charge in [0, 0.05) is 45.0 Å². The molecule has 1 aliphatic rings. The molecule has 0 aliphatic heterocycles. The van der Waals surface area contributed by atoms with Gasteiger partial charge in [0.25, 0.3) is 0 Å². The van der Waals surface area contributed by atoms with Crippen LogP contribution in [-0.4, -0.2) is 14.5 Å². The standard InChI is InChI=1S/C49H33N3/c1-49(2)43-28-32(30-15-20-34(21-16-30)52-45-13-7-5-10-39(45)40-11-6-8-14-46(40)52)18-23-37(43)38-24-19-33(29-44(38)49)31-17-22-36-35-9-3-4-12-41(35)47-48(42(36)27-31)51-26-25-50-47/h3-29H,1-2H3. The summed E-state index contributed by atoms with van der Waals surface area (Å²) >= 11 is 0. The van der Waals surface area contributed by atoms with E-state index in [2.05, 4.69) is 170 Å². The van der Waals surface area contributed by atoms with Gasteiger partial charge in [0.2, 0.25) is 0 Å². The summed E-state index contributed by atoms with van der Waals surface area (Å²) < 4.78 is 2.38. The maximum atomic E-state index is 4.81. The van der Waals surface area contributed by atoms with Crippen LogP contribution in [0.25, 0.3) is 93.5 Å². The third-order valence-corrected chi connectivity index (χ3v) is 11.5. The number of nitrogens with zero attached hydrogens (tertiary/aromatic N) is 3. The van der Waals surface area contributed by atoms with Crippen LogP contribution in [0.3, 0.4) is 0 Å². The van der Waals surface area contributed by atoms with Gasteiger partial charge in [-0.2, -0.15) is 0 Å². The summed E-state index contributed by atoms with van der Waals surface area (Å²) in [7, 11) is 0. The molecule has 0 atom stereocenters. The summed E-state index contributed by atoms with van der Waals surface area (Å²) in [6.07, 6.45) is 3.59. The monoisotopic (exact) mass is 663 g/mol. The largest absolute Gasteiger partial charge is 0.309 e. The fourth-order valence-electron chi connectivity index (χ4n) is 8.91. The molecule has 2 heterocycles. The molecule has 0 N–H and O–H groups in total. The minimum Gasteiger partial charge on any atom is -0.309 e. The fraction of sp³-hybridized carbons (Fsp3) is 0.0612. The normalized spacial score (nSPS) is 13.3. The second-order valence-corrected chi connectivity index (χ2v) is 14.6. The van der Waals surface area contributed by atoms with Gasteiger partial charge in [-0.3, -0.25) is 9.97 Å². The van der Waals surface area contributed by atoms with E-state index in [0.717, 1.165) is 21.8 Å². The molecule has 52 heavy (non-hydrogen) atoms. The van der Waals surface area contributed by atoms with E-state index in [-0.39, 0.29) is 5.41 Å². The van der Waals surface area contributed by atoms with Crippen LogP contribution in [0.2, 0.25) is 0 Å². The van der Waals surface area contributed by atoms with Crippen LogP contribution in [-0.2, 0) is 5.41 Å². The van der Waals surface area contributed by atoms with E-state index in [4.69, 9.17) is 9.97 Å². The molecule has 3 heteroatoms. The highest BCUT2D eigenvalue weighted by atomic mass is 15.0. The lowest BCUT2D eigenvalue weighted by molar-refractivity contribution is 0.661. The van der Waals surface area contributed by atoms with Crippen molar-refractivity contribution < 1.29 is 0 Å². The first-order chi connectivity index (χ1) is 25.5. The zero-order chi connectivity index (χ0) is 34.6. The van der Waals surface area contributed by atoms with Gasteiger partial charge in [-0.15, -0.1) is 0 Å². The molecule has 0 bridgehead atoms. The average Bonchev–Trinajstić information content (AvgIpc) is 3.66. The molecule has 0 unspecified atom stereocenters. The summed E-state index contributed by atoms with van der Waals surface area (Å²) in [6.45, 7) is 4.73. The molecule has 0 spiro atoms. The third kappa shape index (κ3) is 4.08. The van der Waals surface area contributed by atoms with Crippen molar-refractivity contribution in [1.82, 2.24) is 14.5 Å². The van der Waals surface area contributed by atoms with Crippen molar-refractivity contribution in [3.8, 4) is 39.1 Å². The minimum absolute atomic E-state index is 0.148. The van der Waals surface area contributed by atoms with E-state index in [1.54, 1.807) is 12.4 Å². The first-order valence-electron chi connectivity index (χ1n) is 18.0. The van der Waals surface area contributed by atoms with Gasteiger partial charge in [0.1, 0.15) is 0 Å². The van der Waals surface area contributed by atoms with Crippen molar-refractivity contribution in [1.29, 1.82) is 0 Å². The number of fused-ring (bicyclic) bond motifs is 12. The van der Waals surface area contributed by atoms with Gasteiger partial charge in [0.05, 0.1) is 22.1 Å². The number of rotatable bonds is 3. The zero-order valence-corrected chi connectivity index (χ0v) is 28.9. The smallest absolute Gasteiger partial charge is 0.0971 e. The Morgan fingerprint density at radius 2 is 0.865 bits per heavy atom. The fourth-order valence-corrected chi connectivity index (χ4v) is 8.91. The maximum absolute atomic E-state index is 4.81. The van der Waals surface area contributed by atoms with E-state index in [9.17, 15) is 0 Å². The Morgan fingerprint density at radius 1 is 0.404 bits per heavy atom. The number of para-hydroxylation sites is 2. The summed E-state index contributed by atoms with van der Waals surface area (Å²) in [5, 5.41) is 7.25. The highest BCUT2D eigenvalue weighted by Crippen LogP contribution is 2.51. The number of hydrogen-bond donors (Lipinski definition) is 0. The van der Waals surface area contributed by atoms with Crippen molar-refractivity contribution in [2.24, 2.45) is 0 Å². The van der Waals surface area contributed by atoms with Crippen molar-refractivity contribution in [3.05, 3.63) is 175 Å². The maximum Gasteiger partial charge on any atom is 0.0971 e. The molecule has 3 nitrogen and oxygen atoms in total. The molecule has 0 amide bonds. The van der Waals surface area contributed by atoms with Gasteiger partial charge in [-0.05, 0) is 97.7 Å². The van der Waals surface area contributed by atoms with E-state index >= 15 is 0 Å². The predicted molar refractivity (Wildman–Crippen MR) is 217 cm³/mol. The molecule has 10 aromatic rings. The lowest BCUT2D eigenvalue weighted by Crippen LogP contribution is -2.15. The Bertz CT molecular complexity index is 3000. The number of aromatic nitrogens is 3. The molecular formula is C49H33N3. The molecule has 8 aromatic carbocycles. The Morgan fingerprint density at radius 3 is 1.50 bits per heavy atom. The first-order valence-corrected chi connectivity index (χ1v) is 18.0. The summed E-state index contributed by atoms with van der Waals surface area (Å²) in [4.78, 5) is 9.57. The summed E-state index contributed by atoms with van der Waals surface area (Å²) in [6, 6.07) is 55.8. The van der Waals surface area contributed by atoms with E-state index < -0.39 is 0 Å². The van der Waals surface area contributed by atoms with Crippen molar-refractivity contribution in [3.63, 3.8) is 0 Å². The van der Waals surface area contributed by atoms with Crippen molar-refractivity contribution >= 4 is 54.4 Å². The topological polar surface area (TPSA) is 30.7 Å². The Balaban J connectivity index is 0.970. The summed E-state index contributed by atoms with van der Waals surface area (Å²) in [5.41, 5.74) is 15.6. The third-order valence-electron chi connectivity index (χ3n) is 11.5.